The molecule has 0 radical (unpaired) electrons. The van der Waals surface area contributed by atoms with Gasteiger partial charge in [-0.25, -0.2) is 4.79 Å². The number of hydrogen-bond donors (Lipinski definition) is 0. The van der Waals surface area contributed by atoms with E-state index in [1.165, 1.54) is 6.07 Å². The van der Waals surface area contributed by atoms with Gasteiger partial charge in [0.2, 0.25) is 5.78 Å². The summed E-state index contributed by atoms with van der Waals surface area (Å²) in [5.41, 5.74) is 3.07. The fraction of sp³-hybridized carbons (Fsp3) is 0.222. The molecule has 0 saturated heterocycles. The average molecular weight is 362 g/mol. The standard InChI is InChI=1S/C18H16ClNO5/c1-10-6-12(3)15(7-11(10)2)17(21)9-25-18(22)14-5-4-13(20(23)24)8-16(14)19/h4-8H,9H2,1-3H3. The van der Waals surface area contributed by atoms with Crippen LogP contribution < -0.4 is 0 Å². The van der Waals surface area contributed by atoms with Crippen molar-refractivity contribution in [3.8, 4) is 0 Å². The van der Waals surface area contributed by atoms with Crippen LogP contribution in [0.4, 0.5) is 5.69 Å². The van der Waals surface area contributed by atoms with Gasteiger partial charge in [0.15, 0.2) is 6.61 Å². The van der Waals surface area contributed by atoms with Crippen molar-refractivity contribution in [3.05, 3.63) is 73.3 Å². The van der Waals surface area contributed by atoms with E-state index in [2.05, 4.69) is 0 Å². The minimum Gasteiger partial charge on any atom is -0.454 e. The maximum Gasteiger partial charge on any atom is 0.340 e. The smallest absolute Gasteiger partial charge is 0.340 e. The first-order valence-corrected chi connectivity index (χ1v) is 7.80. The summed E-state index contributed by atoms with van der Waals surface area (Å²) in [6.45, 7) is 5.23. The first kappa shape index (κ1) is 18.6. The van der Waals surface area contributed by atoms with Crippen LogP contribution in [-0.2, 0) is 4.74 Å². The fourth-order valence-electron chi connectivity index (χ4n) is 2.33. The Morgan fingerprint density at radius 3 is 2.28 bits per heavy atom. The zero-order valence-electron chi connectivity index (χ0n) is 14.0. The summed E-state index contributed by atoms with van der Waals surface area (Å²) in [6, 6.07) is 7.08. The van der Waals surface area contributed by atoms with Crippen molar-refractivity contribution in [2.24, 2.45) is 0 Å². The summed E-state index contributed by atoms with van der Waals surface area (Å²) in [4.78, 5) is 34.4. The number of ether oxygens (including phenoxy) is 1. The molecule has 0 heterocycles. The van der Waals surface area contributed by atoms with E-state index in [0.29, 0.717) is 5.56 Å². The molecule has 0 aliphatic rings. The number of Topliss-reactive ketones (excluding diaryl/α,β-unsaturated/α-hetero) is 1. The number of ketones is 1. The number of carbonyl (C=O) groups excluding carboxylic acids is 2. The van der Waals surface area contributed by atoms with Gasteiger partial charge in [0.25, 0.3) is 5.69 Å². The molecule has 0 atom stereocenters. The number of non-ortho nitro benzene ring substituents is 1. The van der Waals surface area contributed by atoms with Crippen molar-refractivity contribution in [3.63, 3.8) is 0 Å². The number of hydrogen-bond acceptors (Lipinski definition) is 5. The lowest BCUT2D eigenvalue weighted by Gasteiger charge is -2.10. The second-order valence-electron chi connectivity index (χ2n) is 5.67. The Hall–Kier alpha value is -2.73. The van der Waals surface area contributed by atoms with Crippen molar-refractivity contribution < 1.29 is 19.2 Å². The molecule has 0 bridgehead atoms. The van der Waals surface area contributed by atoms with Crippen molar-refractivity contribution in [2.75, 3.05) is 6.61 Å². The highest BCUT2D eigenvalue weighted by atomic mass is 35.5. The van der Waals surface area contributed by atoms with Crippen LogP contribution in [0.2, 0.25) is 5.02 Å². The zero-order chi connectivity index (χ0) is 18.7. The van der Waals surface area contributed by atoms with E-state index in [4.69, 9.17) is 16.3 Å². The molecule has 2 rings (SSSR count). The number of esters is 1. The molecule has 0 aromatic heterocycles. The molecule has 2 aromatic carbocycles. The number of aryl methyl sites for hydroxylation is 3. The van der Waals surface area contributed by atoms with Crippen molar-refractivity contribution >= 4 is 29.0 Å². The first-order valence-electron chi connectivity index (χ1n) is 7.43. The molecule has 7 heteroatoms. The second-order valence-corrected chi connectivity index (χ2v) is 6.08. The lowest BCUT2D eigenvalue weighted by Crippen LogP contribution is -2.16. The summed E-state index contributed by atoms with van der Waals surface area (Å²) in [5, 5.41) is 10.6. The molecule has 0 spiro atoms. The van der Waals surface area contributed by atoms with Gasteiger partial charge >= 0.3 is 5.97 Å². The van der Waals surface area contributed by atoms with E-state index in [0.717, 1.165) is 28.8 Å². The first-order chi connectivity index (χ1) is 11.7. The van der Waals surface area contributed by atoms with E-state index in [9.17, 15) is 19.7 Å². The average Bonchev–Trinajstić information content (AvgIpc) is 2.55. The quantitative estimate of drug-likeness (QED) is 0.344. The Labute approximate surface area is 149 Å². The fourth-order valence-corrected chi connectivity index (χ4v) is 2.58. The zero-order valence-corrected chi connectivity index (χ0v) is 14.7. The molecule has 0 fully saturated rings. The lowest BCUT2D eigenvalue weighted by molar-refractivity contribution is -0.384. The molecule has 0 aliphatic heterocycles. The highest BCUT2D eigenvalue weighted by Crippen LogP contribution is 2.23. The van der Waals surface area contributed by atoms with Crippen molar-refractivity contribution in [1.29, 1.82) is 0 Å². The van der Waals surface area contributed by atoms with Crippen LogP contribution in [0.25, 0.3) is 0 Å². The monoisotopic (exact) mass is 361 g/mol. The predicted molar refractivity (Wildman–Crippen MR) is 93.4 cm³/mol. The number of halogens is 1. The molecule has 6 nitrogen and oxygen atoms in total. The molecular formula is C18H16ClNO5. The largest absolute Gasteiger partial charge is 0.454 e. The highest BCUT2D eigenvalue weighted by Gasteiger charge is 2.18. The van der Waals surface area contributed by atoms with Gasteiger partial charge in [0.1, 0.15) is 0 Å². The second kappa shape index (κ2) is 7.44. The van der Waals surface area contributed by atoms with Gasteiger partial charge in [-0.05, 0) is 49.6 Å². The molecule has 0 aliphatic carbocycles. The summed E-state index contributed by atoms with van der Waals surface area (Å²) in [7, 11) is 0. The number of nitro benzene ring substituents is 1. The summed E-state index contributed by atoms with van der Waals surface area (Å²) in [5.74, 6) is -1.14. The number of carbonyl (C=O) groups is 2. The Morgan fingerprint density at radius 2 is 1.68 bits per heavy atom. The van der Waals surface area contributed by atoms with Crippen molar-refractivity contribution in [1.82, 2.24) is 0 Å². The minimum absolute atomic E-state index is 0.0307. The van der Waals surface area contributed by atoms with Crippen molar-refractivity contribution in [2.45, 2.75) is 20.8 Å². The number of benzene rings is 2. The van der Waals surface area contributed by atoms with Crippen LogP contribution in [0.5, 0.6) is 0 Å². The molecule has 0 N–H and O–H groups in total. The Balaban J connectivity index is 2.11. The maximum absolute atomic E-state index is 12.3. The normalized spacial score (nSPS) is 10.4. The van der Waals surface area contributed by atoms with E-state index in [-0.39, 0.29) is 22.1 Å². The van der Waals surface area contributed by atoms with Gasteiger partial charge in [-0.3, -0.25) is 14.9 Å². The third-order valence-electron chi connectivity index (χ3n) is 3.86. The van der Waals surface area contributed by atoms with Crippen LogP contribution in [0.1, 0.15) is 37.4 Å². The summed E-state index contributed by atoms with van der Waals surface area (Å²) in [6.07, 6.45) is 0. The molecule has 0 amide bonds. The van der Waals surface area contributed by atoms with E-state index in [1.54, 1.807) is 6.07 Å². The highest BCUT2D eigenvalue weighted by molar-refractivity contribution is 6.33. The molecule has 130 valence electrons. The topological polar surface area (TPSA) is 86.5 Å². The van der Waals surface area contributed by atoms with Gasteiger partial charge < -0.3 is 4.74 Å². The van der Waals surface area contributed by atoms with Crippen LogP contribution in [0.3, 0.4) is 0 Å². The molecule has 0 saturated carbocycles. The summed E-state index contributed by atoms with van der Waals surface area (Å²) >= 11 is 5.87. The molecule has 2 aromatic rings. The van der Waals surface area contributed by atoms with Gasteiger partial charge in [0, 0.05) is 17.7 Å². The Bertz CT molecular complexity index is 876. The predicted octanol–water partition coefficient (Wildman–Crippen LogP) is 4.21. The van der Waals surface area contributed by atoms with Crippen LogP contribution >= 0.6 is 11.6 Å². The third kappa shape index (κ3) is 4.22. The Kier molecular flexibility index (Phi) is 5.54. The van der Waals surface area contributed by atoms with Gasteiger partial charge in [-0.2, -0.15) is 0 Å². The van der Waals surface area contributed by atoms with Gasteiger partial charge in [0.05, 0.1) is 15.5 Å². The van der Waals surface area contributed by atoms with E-state index < -0.39 is 17.5 Å². The van der Waals surface area contributed by atoms with E-state index >= 15 is 0 Å². The molecular weight excluding hydrogens is 346 g/mol. The van der Waals surface area contributed by atoms with Crippen LogP contribution in [0.15, 0.2) is 30.3 Å². The SMILES string of the molecule is Cc1cc(C)c(C(=O)COC(=O)c2ccc([N+](=O)[O-])cc2Cl)cc1C. The molecule has 25 heavy (non-hydrogen) atoms. The lowest BCUT2D eigenvalue weighted by atomic mass is 9.98. The summed E-state index contributed by atoms with van der Waals surface area (Å²) < 4.78 is 5.01. The van der Waals surface area contributed by atoms with Gasteiger partial charge in [-0.1, -0.05) is 17.7 Å². The van der Waals surface area contributed by atoms with E-state index in [1.807, 2.05) is 26.8 Å². The number of nitrogens with zero attached hydrogens (tertiary/aromatic N) is 1. The maximum atomic E-state index is 12.3. The number of rotatable bonds is 5. The Morgan fingerprint density at radius 1 is 1.04 bits per heavy atom. The molecule has 0 unspecified atom stereocenters. The van der Waals surface area contributed by atoms with Crippen LogP contribution in [0, 0.1) is 30.9 Å². The van der Waals surface area contributed by atoms with Gasteiger partial charge in [-0.15, -0.1) is 0 Å². The third-order valence-corrected chi connectivity index (χ3v) is 4.17. The number of nitro groups is 1. The van der Waals surface area contributed by atoms with Crippen LogP contribution in [-0.4, -0.2) is 23.3 Å². The minimum atomic E-state index is -0.810.